The van der Waals surface area contributed by atoms with Crippen LogP contribution in [-0.4, -0.2) is 38.8 Å². The molecule has 1 saturated heterocycles. The molecule has 1 aromatic carbocycles. The Labute approximate surface area is 132 Å². The van der Waals surface area contributed by atoms with Crippen LogP contribution in [0.5, 0.6) is 5.75 Å². The standard InChI is InChI=1S/C17H26N2O3/c1-3-15(16(18)20)19-12-17(8-10-22-11-9-17)13-4-6-14(21-2)7-5-13/h4-7,15,19H,3,8-12H2,1-2H3,(H2,18,20)/t15-/m0/s1. The molecule has 1 aliphatic heterocycles. The Kier molecular flexibility index (Phi) is 5.80. The Morgan fingerprint density at radius 3 is 2.50 bits per heavy atom. The van der Waals surface area contributed by atoms with Crippen LogP contribution in [0.1, 0.15) is 31.7 Å². The van der Waals surface area contributed by atoms with E-state index >= 15 is 0 Å². The monoisotopic (exact) mass is 306 g/mol. The highest BCUT2D eigenvalue weighted by Gasteiger charge is 2.35. The van der Waals surface area contributed by atoms with Gasteiger partial charge < -0.3 is 20.5 Å². The van der Waals surface area contributed by atoms with E-state index in [1.54, 1.807) is 7.11 Å². The van der Waals surface area contributed by atoms with Gasteiger partial charge in [-0.25, -0.2) is 0 Å². The van der Waals surface area contributed by atoms with Gasteiger partial charge in [0.15, 0.2) is 0 Å². The maximum atomic E-state index is 11.4. The fraction of sp³-hybridized carbons (Fsp3) is 0.588. The molecule has 0 radical (unpaired) electrons. The molecular weight excluding hydrogens is 280 g/mol. The minimum absolute atomic E-state index is 0.0204. The number of nitrogens with two attached hydrogens (primary N) is 1. The van der Waals surface area contributed by atoms with Crippen LogP contribution in [0.25, 0.3) is 0 Å². The second-order valence-corrected chi connectivity index (χ2v) is 5.87. The average molecular weight is 306 g/mol. The van der Waals surface area contributed by atoms with Crippen LogP contribution < -0.4 is 15.8 Å². The maximum absolute atomic E-state index is 11.4. The van der Waals surface area contributed by atoms with E-state index in [1.165, 1.54) is 5.56 Å². The topological polar surface area (TPSA) is 73.6 Å². The quantitative estimate of drug-likeness (QED) is 0.802. The largest absolute Gasteiger partial charge is 0.497 e. The van der Waals surface area contributed by atoms with Crippen LogP contribution in [0, 0.1) is 0 Å². The first kappa shape index (κ1) is 16.8. The molecule has 0 spiro atoms. The van der Waals surface area contributed by atoms with Gasteiger partial charge in [-0.1, -0.05) is 19.1 Å². The molecule has 0 aromatic heterocycles. The Balaban J connectivity index is 2.17. The minimum Gasteiger partial charge on any atom is -0.497 e. The first-order valence-corrected chi connectivity index (χ1v) is 7.86. The number of rotatable bonds is 7. The molecule has 0 unspecified atom stereocenters. The molecule has 5 nitrogen and oxygen atoms in total. The number of methoxy groups -OCH3 is 1. The van der Waals surface area contributed by atoms with Crippen molar-refractivity contribution in [2.45, 2.75) is 37.6 Å². The van der Waals surface area contributed by atoms with Crippen molar-refractivity contribution in [1.29, 1.82) is 0 Å². The molecule has 0 bridgehead atoms. The molecule has 2 rings (SSSR count). The fourth-order valence-electron chi connectivity index (χ4n) is 3.04. The van der Waals surface area contributed by atoms with Crippen LogP contribution in [0.4, 0.5) is 0 Å². The first-order chi connectivity index (χ1) is 10.6. The Bertz CT molecular complexity index is 481. The Hall–Kier alpha value is -1.59. The molecule has 3 N–H and O–H groups in total. The molecule has 0 aliphatic carbocycles. The first-order valence-electron chi connectivity index (χ1n) is 7.86. The van der Waals surface area contributed by atoms with Crippen molar-refractivity contribution in [2.24, 2.45) is 5.73 Å². The molecule has 22 heavy (non-hydrogen) atoms. The Morgan fingerprint density at radius 1 is 1.36 bits per heavy atom. The van der Waals surface area contributed by atoms with Crippen molar-refractivity contribution in [3.05, 3.63) is 29.8 Å². The number of benzene rings is 1. The molecule has 1 amide bonds. The van der Waals surface area contributed by atoms with E-state index in [2.05, 4.69) is 17.4 Å². The summed E-state index contributed by atoms with van der Waals surface area (Å²) in [6, 6.07) is 7.90. The van der Waals surface area contributed by atoms with Gasteiger partial charge in [-0.3, -0.25) is 4.79 Å². The lowest BCUT2D eigenvalue weighted by Gasteiger charge is -2.39. The van der Waals surface area contributed by atoms with Gasteiger partial charge in [0.25, 0.3) is 0 Å². The van der Waals surface area contributed by atoms with Gasteiger partial charge in [-0.2, -0.15) is 0 Å². The van der Waals surface area contributed by atoms with Gasteiger partial charge in [-0.05, 0) is 37.0 Å². The van der Waals surface area contributed by atoms with Crippen LogP contribution in [-0.2, 0) is 14.9 Å². The number of hydrogen-bond donors (Lipinski definition) is 2. The predicted molar refractivity (Wildman–Crippen MR) is 86.0 cm³/mol. The van der Waals surface area contributed by atoms with Crippen molar-refractivity contribution in [1.82, 2.24) is 5.32 Å². The summed E-state index contributed by atoms with van der Waals surface area (Å²) in [5.41, 5.74) is 6.67. The molecule has 1 heterocycles. The lowest BCUT2D eigenvalue weighted by Crippen LogP contribution is -2.49. The smallest absolute Gasteiger partial charge is 0.234 e. The molecule has 1 aliphatic rings. The summed E-state index contributed by atoms with van der Waals surface area (Å²) < 4.78 is 10.8. The highest BCUT2D eigenvalue weighted by atomic mass is 16.5. The van der Waals surface area contributed by atoms with Crippen molar-refractivity contribution >= 4 is 5.91 Å². The van der Waals surface area contributed by atoms with Gasteiger partial charge >= 0.3 is 0 Å². The molecule has 1 aromatic rings. The zero-order valence-corrected chi connectivity index (χ0v) is 13.4. The van der Waals surface area contributed by atoms with Crippen LogP contribution in [0.15, 0.2) is 24.3 Å². The maximum Gasteiger partial charge on any atom is 0.234 e. The fourth-order valence-corrected chi connectivity index (χ4v) is 3.04. The van der Waals surface area contributed by atoms with Crippen LogP contribution in [0.3, 0.4) is 0 Å². The zero-order valence-electron chi connectivity index (χ0n) is 13.4. The summed E-state index contributed by atoms with van der Waals surface area (Å²) in [6.45, 7) is 4.17. The van der Waals surface area contributed by atoms with E-state index in [-0.39, 0.29) is 17.4 Å². The second kappa shape index (κ2) is 7.61. The SMILES string of the molecule is CC[C@H](NCC1(c2ccc(OC)cc2)CCOCC1)C(N)=O. The van der Waals surface area contributed by atoms with Gasteiger partial charge in [0.05, 0.1) is 13.2 Å². The van der Waals surface area contributed by atoms with E-state index in [0.29, 0.717) is 6.42 Å². The number of primary amides is 1. The van der Waals surface area contributed by atoms with E-state index in [0.717, 1.165) is 38.3 Å². The summed E-state index contributed by atoms with van der Waals surface area (Å²) in [5.74, 6) is 0.557. The summed E-state index contributed by atoms with van der Waals surface area (Å²) in [6.07, 6.45) is 2.56. The molecule has 122 valence electrons. The van der Waals surface area contributed by atoms with Crippen molar-refractivity contribution in [3.63, 3.8) is 0 Å². The number of carbonyl (C=O) groups is 1. The third-order valence-corrected chi connectivity index (χ3v) is 4.59. The van der Waals surface area contributed by atoms with E-state index in [9.17, 15) is 4.79 Å². The third-order valence-electron chi connectivity index (χ3n) is 4.59. The zero-order chi connectivity index (χ0) is 16.0. The summed E-state index contributed by atoms with van der Waals surface area (Å²) in [5, 5.41) is 3.35. The molecule has 0 saturated carbocycles. The highest BCUT2D eigenvalue weighted by Crippen LogP contribution is 2.35. The van der Waals surface area contributed by atoms with Gasteiger partial charge in [0.1, 0.15) is 5.75 Å². The normalized spacial score (nSPS) is 18.6. The van der Waals surface area contributed by atoms with Crippen LogP contribution >= 0.6 is 0 Å². The predicted octanol–water partition coefficient (Wildman–Crippen LogP) is 1.60. The molecule has 5 heteroatoms. The number of hydrogen-bond acceptors (Lipinski definition) is 4. The average Bonchev–Trinajstić information content (AvgIpc) is 2.56. The lowest BCUT2D eigenvalue weighted by atomic mass is 9.74. The summed E-state index contributed by atoms with van der Waals surface area (Å²) in [4.78, 5) is 11.4. The van der Waals surface area contributed by atoms with Crippen molar-refractivity contribution in [2.75, 3.05) is 26.9 Å². The van der Waals surface area contributed by atoms with Gasteiger partial charge in [0, 0.05) is 25.2 Å². The lowest BCUT2D eigenvalue weighted by molar-refractivity contribution is -0.120. The van der Waals surface area contributed by atoms with Crippen molar-refractivity contribution in [3.8, 4) is 5.75 Å². The second-order valence-electron chi connectivity index (χ2n) is 5.87. The van der Waals surface area contributed by atoms with Crippen molar-refractivity contribution < 1.29 is 14.3 Å². The van der Waals surface area contributed by atoms with E-state index in [1.807, 2.05) is 19.1 Å². The summed E-state index contributed by atoms with van der Waals surface area (Å²) in [7, 11) is 1.67. The molecule has 1 fully saturated rings. The highest BCUT2D eigenvalue weighted by molar-refractivity contribution is 5.79. The minimum atomic E-state index is -0.292. The van der Waals surface area contributed by atoms with Gasteiger partial charge in [0.2, 0.25) is 5.91 Å². The Morgan fingerprint density at radius 2 is 2.00 bits per heavy atom. The third kappa shape index (κ3) is 3.78. The number of nitrogens with one attached hydrogen (secondary N) is 1. The number of carbonyl (C=O) groups excluding carboxylic acids is 1. The van der Waals surface area contributed by atoms with Gasteiger partial charge in [-0.15, -0.1) is 0 Å². The summed E-state index contributed by atoms with van der Waals surface area (Å²) >= 11 is 0. The molecule has 1 atom stereocenters. The molecular formula is C17H26N2O3. The van der Waals surface area contributed by atoms with E-state index < -0.39 is 0 Å². The number of ether oxygens (including phenoxy) is 2. The number of amides is 1. The van der Waals surface area contributed by atoms with E-state index in [4.69, 9.17) is 15.2 Å². The van der Waals surface area contributed by atoms with Crippen LogP contribution in [0.2, 0.25) is 0 Å².